The molecule has 0 radical (unpaired) electrons. The van der Waals surface area contributed by atoms with Crippen molar-refractivity contribution in [2.45, 2.75) is 46.0 Å². The number of Topliss-reactive ketones (excluding diaryl/α,β-unsaturated/α-hetero) is 1. The number of carbonyl (C=O) groups is 3. The monoisotopic (exact) mass is 424 g/mol. The molecule has 29 heavy (non-hydrogen) atoms. The Bertz CT molecular complexity index is 866. The van der Waals surface area contributed by atoms with Gasteiger partial charge in [0.1, 0.15) is 0 Å². The third-order valence-electron chi connectivity index (χ3n) is 4.75. The number of rotatable bonds is 11. The molecule has 160 valence electrons. The molecule has 1 amide bonds. The van der Waals surface area contributed by atoms with E-state index in [0.717, 1.165) is 18.4 Å². The zero-order valence-corrected chi connectivity index (χ0v) is 17.7. The van der Waals surface area contributed by atoms with Crippen LogP contribution in [0.3, 0.4) is 0 Å². The van der Waals surface area contributed by atoms with Gasteiger partial charge >= 0.3 is 5.97 Å². The molecule has 1 aliphatic rings. The van der Waals surface area contributed by atoms with E-state index < -0.39 is 16.0 Å². The van der Waals surface area contributed by atoms with E-state index in [9.17, 15) is 22.8 Å². The van der Waals surface area contributed by atoms with E-state index in [0.29, 0.717) is 37.2 Å². The Hall–Kier alpha value is -2.42. The lowest BCUT2D eigenvalue weighted by molar-refractivity contribution is -0.142. The third-order valence-corrected chi connectivity index (χ3v) is 6.53. The Labute approximate surface area is 171 Å². The highest BCUT2D eigenvalue weighted by Crippen LogP contribution is 2.31. The topological polar surface area (TPSA) is 110 Å². The minimum Gasteiger partial charge on any atom is -0.457 e. The van der Waals surface area contributed by atoms with Crippen LogP contribution in [-0.4, -0.2) is 51.5 Å². The van der Waals surface area contributed by atoms with Gasteiger partial charge in [-0.25, -0.2) is 8.42 Å². The first-order valence-electron chi connectivity index (χ1n) is 9.81. The fourth-order valence-corrected chi connectivity index (χ4v) is 4.29. The lowest BCUT2D eigenvalue weighted by Gasteiger charge is -2.18. The summed E-state index contributed by atoms with van der Waals surface area (Å²) in [5.74, 6) is -0.798. The van der Waals surface area contributed by atoms with Gasteiger partial charge in [-0.05, 0) is 49.9 Å². The summed E-state index contributed by atoms with van der Waals surface area (Å²) < 4.78 is 30.7. The number of esters is 1. The molecule has 1 aromatic carbocycles. The van der Waals surface area contributed by atoms with Crippen molar-refractivity contribution < 1.29 is 27.5 Å². The van der Waals surface area contributed by atoms with E-state index in [4.69, 9.17) is 4.74 Å². The Morgan fingerprint density at radius 3 is 2.62 bits per heavy atom. The lowest BCUT2D eigenvalue weighted by Crippen LogP contribution is -2.30. The number of ether oxygens (including phenoxy) is 1. The number of nitrogens with one attached hydrogen (secondary N) is 1. The van der Waals surface area contributed by atoms with E-state index in [2.05, 4.69) is 5.32 Å². The fraction of sp³-hybridized carbons (Fsp3) is 0.550. The maximum Gasteiger partial charge on any atom is 0.306 e. The van der Waals surface area contributed by atoms with Crippen LogP contribution in [-0.2, 0) is 30.8 Å². The van der Waals surface area contributed by atoms with Crippen LogP contribution in [0.1, 0.15) is 55.5 Å². The smallest absolute Gasteiger partial charge is 0.306 e. The van der Waals surface area contributed by atoms with E-state index >= 15 is 0 Å². The molecule has 9 heteroatoms. The standard InChI is InChI=1S/C20H28N2O6S/c1-3-29(26,27)22-12-10-16-13-17(8-9-18(16)22)19(24)14-28-20(25)7-5-4-6-11-21-15(2)23/h8-9,13H,3-7,10-12,14H2,1-2H3,(H,21,23). The summed E-state index contributed by atoms with van der Waals surface area (Å²) in [6, 6.07) is 4.89. The maximum absolute atomic E-state index is 12.3. The second kappa shape index (κ2) is 10.4. The van der Waals surface area contributed by atoms with Crippen molar-refractivity contribution in [3.8, 4) is 0 Å². The molecular weight excluding hydrogens is 396 g/mol. The highest BCUT2D eigenvalue weighted by Gasteiger charge is 2.28. The minimum atomic E-state index is -3.33. The molecule has 0 atom stereocenters. The Kier molecular flexibility index (Phi) is 8.19. The quantitative estimate of drug-likeness (QED) is 0.330. The minimum absolute atomic E-state index is 0.0241. The van der Waals surface area contributed by atoms with Crippen molar-refractivity contribution in [1.29, 1.82) is 0 Å². The van der Waals surface area contributed by atoms with Gasteiger partial charge in [0.15, 0.2) is 12.4 Å². The molecular formula is C20H28N2O6S. The number of ketones is 1. The average Bonchev–Trinajstić information content (AvgIpc) is 3.12. The van der Waals surface area contributed by atoms with Crippen molar-refractivity contribution >= 4 is 33.4 Å². The predicted octanol–water partition coefficient (Wildman–Crippen LogP) is 1.82. The number of unbranched alkanes of at least 4 members (excludes halogenated alkanes) is 2. The number of amides is 1. The first kappa shape index (κ1) is 22.9. The SMILES string of the molecule is CCS(=O)(=O)N1CCc2cc(C(=O)COC(=O)CCCCCNC(C)=O)ccc21. The van der Waals surface area contributed by atoms with E-state index in [1.54, 1.807) is 25.1 Å². The van der Waals surface area contributed by atoms with Gasteiger partial charge in [0, 0.05) is 32.0 Å². The van der Waals surface area contributed by atoms with Crippen molar-refractivity contribution in [3.05, 3.63) is 29.3 Å². The first-order chi connectivity index (χ1) is 13.7. The number of fused-ring (bicyclic) bond motifs is 1. The van der Waals surface area contributed by atoms with E-state index in [1.807, 2.05) is 0 Å². The van der Waals surface area contributed by atoms with Gasteiger partial charge in [0.25, 0.3) is 0 Å². The molecule has 1 aliphatic heterocycles. The van der Waals surface area contributed by atoms with Crippen LogP contribution in [0, 0.1) is 0 Å². The zero-order chi connectivity index (χ0) is 21.4. The Balaban J connectivity index is 1.79. The largest absolute Gasteiger partial charge is 0.457 e. The number of anilines is 1. The zero-order valence-electron chi connectivity index (χ0n) is 16.9. The molecule has 0 spiro atoms. The van der Waals surface area contributed by atoms with Gasteiger partial charge in [-0.2, -0.15) is 0 Å². The summed E-state index contributed by atoms with van der Waals surface area (Å²) in [6.45, 7) is 3.68. The number of carbonyl (C=O) groups excluding carboxylic acids is 3. The molecule has 2 rings (SSSR count). The van der Waals surface area contributed by atoms with Crippen LogP contribution < -0.4 is 9.62 Å². The maximum atomic E-state index is 12.3. The number of hydrogen-bond donors (Lipinski definition) is 1. The second-order valence-corrected chi connectivity index (χ2v) is 9.13. The van der Waals surface area contributed by atoms with Crippen LogP contribution >= 0.6 is 0 Å². The highest BCUT2D eigenvalue weighted by atomic mass is 32.2. The highest BCUT2D eigenvalue weighted by molar-refractivity contribution is 7.92. The lowest BCUT2D eigenvalue weighted by atomic mass is 10.1. The molecule has 0 aromatic heterocycles. The van der Waals surface area contributed by atoms with Crippen LogP contribution in [0.25, 0.3) is 0 Å². The number of hydrogen-bond acceptors (Lipinski definition) is 6. The van der Waals surface area contributed by atoms with Crippen molar-refractivity contribution in [3.63, 3.8) is 0 Å². The predicted molar refractivity (Wildman–Crippen MR) is 109 cm³/mol. The molecule has 0 saturated heterocycles. The summed E-state index contributed by atoms with van der Waals surface area (Å²) in [6.07, 6.45) is 2.97. The number of sulfonamides is 1. The van der Waals surface area contributed by atoms with Gasteiger partial charge in [-0.15, -0.1) is 0 Å². The number of benzene rings is 1. The van der Waals surface area contributed by atoms with E-state index in [-0.39, 0.29) is 30.5 Å². The number of nitrogens with zero attached hydrogens (tertiary/aromatic N) is 1. The van der Waals surface area contributed by atoms with Crippen molar-refractivity contribution in [2.24, 2.45) is 0 Å². The van der Waals surface area contributed by atoms with Gasteiger partial charge in [0.05, 0.1) is 11.4 Å². The summed E-state index contributed by atoms with van der Waals surface area (Å²) >= 11 is 0. The Morgan fingerprint density at radius 2 is 1.93 bits per heavy atom. The molecule has 8 nitrogen and oxygen atoms in total. The first-order valence-corrected chi connectivity index (χ1v) is 11.4. The van der Waals surface area contributed by atoms with Crippen LogP contribution in [0.5, 0.6) is 0 Å². The van der Waals surface area contributed by atoms with Crippen LogP contribution in [0.4, 0.5) is 5.69 Å². The van der Waals surface area contributed by atoms with E-state index in [1.165, 1.54) is 11.2 Å². The molecule has 0 fully saturated rings. The third kappa shape index (κ3) is 6.56. The van der Waals surface area contributed by atoms with Crippen molar-refractivity contribution in [1.82, 2.24) is 5.32 Å². The fourth-order valence-electron chi connectivity index (χ4n) is 3.13. The summed E-state index contributed by atoms with van der Waals surface area (Å²) in [5.41, 5.74) is 1.82. The van der Waals surface area contributed by atoms with Gasteiger partial charge < -0.3 is 10.1 Å². The summed E-state index contributed by atoms with van der Waals surface area (Å²) in [5, 5.41) is 2.69. The normalized spacial score (nSPS) is 13.1. The summed E-state index contributed by atoms with van der Waals surface area (Å²) in [4.78, 5) is 34.8. The van der Waals surface area contributed by atoms with Gasteiger partial charge in [-0.3, -0.25) is 18.7 Å². The molecule has 1 N–H and O–H groups in total. The van der Waals surface area contributed by atoms with Crippen LogP contribution in [0.2, 0.25) is 0 Å². The van der Waals surface area contributed by atoms with Gasteiger partial charge in [0.2, 0.25) is 15.9 Å². The molecule has 0 aliphatic carbocycles. The van der Waals surface area contributed by atoms with Crippen LogP contribution in [0.15, 0.2) is 18.2 Å². The molecule has 0 unspecified atom stereocenters. The molecule has 0 saturated carbocycles. The molecule has 0 bridgehead atoms. The summed E-state index contributed by atoms with van der Waals surface area (Å²) in [7, 11) is -3.33. The van der Waals surface area contributed by atoms with Gasteiger partial charge in [-0.1, -0.05) is 6.42 Å². The average molecular weight is 425 g/mol. The Morgan fingerprint density at radius 1 is 1.17 bits per heavy atom. The second-order valence-electron chi connectivity index (χ2n) is 6.94. The molecule has 1 heterocycles. The molecule has 1 aromatic rings. The van der Waals surface area contributed by atoms with Crippen molar-refractivity contribution in [2.75, 3.05) is 29.8 Å².